The highest BCUT2D eigenvalue weighted by molar-refractivity contribution is 9.10. The second-order valence-electron chi connectivity index (χ2n) is 4.55. The molecule has 0 atom stereocenters. The van der Waals surface area contributed by atoms with Gasteiger partial charge in [0.05, 0.1) is 11.0 Å². The predicted octanol–water partition coefficient (Wildman–Crippen LogP) is 0.318. The monoisotopic (exact) mass is 407 g/mol. The fourth-order valence-corrected chi connectivity index (χ4v) is 2.26. The number of nitrogens with zero attached hydrogens (tertiary/aromatic N) is 1. The minimum Gasteiger partial charge on any atom is -0.342 e. The van der Waals surface area contributed by atoms with Crippen molar-refractivity contribution in [2.24, 2.45) is 0 Å². The number of aromatic amines is 2. The van der Waals surface area contributed by atoms with Gasteiger partial charge in [0, 0.05) is 25.0 Å². The third-order valence-corrected chi connectivity index (χ3v) is 3.28. The number of halogens is 1. The molecule has 0 aliphatic heterocycles. The minimum atomic E-state index is -3.13. The molecule has 11 heteroatoms. The highest BCUT2D eigenvalue weighted by Gasteiger charge is 2.10. The largest absolute Gasteiger partial charge is 0.342 e. The van der Waals surface area contributed by atoms with E-state index in [9.17, 15) is 14.4 Å². The zero-order valence-corrected chi connectivity index (χ0v) is 14.8. The summed E-state index contributed by atoms with van der Waals surface area (Å²) in [7, 11) is -1.46. The molecule has 2 rings (SSSR count). The Hall–Kier alpha value is -1.74. The van der Waals surface area contributed by atoms with E-state index in [-0.39, 0.29) is 5.91 Å². The van der Waals surface area contributed by atoms with Crippen molar-refractivity contribution in [3.8, 4) is 0 Å². The maximum absolute atomic E-state index is 11.4. The molecule has 0 saturated carbocycles. The first-order chi connectivity index (χ1) is 10.6. The van der Waals surface area contributed by atoms with Crippen LogP contribution in [0.25, 0.3) is 11.0 Å². The van der Waals surface area contributed by atoms with Crippen LogP contribution >= 0.6 is 24.2 Å². The first-order valence-corrected chi connectivity index (χ1v) is 8.29. The highest BCUT2D eigenvalue weighted by Crippen LogP contribution is 2.21. The van der Waals surface area contributed by atoms with E-state index in [4.69, 9.17) is 14.4 Å². The Morgan fingerprint density at radius 3 is 2.30 bits per heavy atom. The van der Waals surface area contributed by atoms with E-state index in [2.05, 4.69) is 25.9 Å². The molecule has 1 heterocycles. The molecular weight excluding hydrogens is 393 g/mol. The summed E-state index contributed by atoms with van der Waals surface area (Å²) in [6.07, 6.45) is 0. The average Bonchev–Trinajstić information content (AvgIpc) is 2.40. The van der Waals surface area contributed by atoms with Gasteiger partial charge < -0.3 is 24.7 Å². The Kier molecular flexibility index (Phi) is 6.89. The van der Waals surface area contributed by atoms with Crippen molar-refractivity contribution in [3.05, 3.63) is 42.9 Å². The van der Waals surface area contributed by atoms with Gasteiger partial charge in [-0.3, -0.25) is 18.9 Å². The molecule has 0 bridgehead atoms. The third-order valence-electron chi connectivity index (χ3n) is 2.82. The summed E-state index contributed by atoms with van der Waals surface area (Å²) < 4.78 is 9.50. The lowest BCUT2D eigenvalue weighted by molar-refractivity contribution is -0.128. The SMILES string of the molecule is CC(=O)N(C)Cc1cc(Br)cc2[nH]c(=O)c(=O)[nH]c12.O=[PH](O)O. The lowest BCUT2D eigenvalue weighted by Gasteiger charge is -2.16. The van der Waals surface area contributed by atoms with Crippen LogP contribution in [0.1, 0.15) is 12.5 Å². The number of benzene rings is 1. The topological polar surface area (TPSA) is 144 Å². The van der Waals surface area contributed by atoms with E-state index in [0.29, 0.717) is 17.6 Å². The van der Waals surface area contributed by atoms with Crippen LogP contribution in [0.5, 0.6) is 0 Å². The standard InChI is InChI=1S/C12H12BrN3O3.H3O3P/c1-6(17)16(2)5-7-3-8(13)4-9-10(7)15-12(19)11(18)14-9;1-4(2)3/h3-4H,5H2,1-2H3,(H,14,18)(H,15,19);4H,(H2,1,2,3). The van der Waals surface area contributed by atoms with Gasteiger partial charge in [-0.25, -0.2) is 0 Å². The van der Waals surface area contributed by atoms with Gasteiger partial charge in [-0.15, -0.1) is 0 Å². The zero-order chi connectivity index (χ0) is 17.7. The number of amides is 1. The van der Waals surface area contributed by atoms with Crippen molar-refractivity contribution in [1.82, 2.24) is 14.9 Å². The van der Waals surface area contributed by atoms with E-state index in [1.165, 1.54) is 11.8 Å². The molecule has 0 aliphatic carbocycles. The molecule has 0 radical (unpaired) electrons. The maximum atomic E-state index is 11.4. The number of rotatable bonds is 2. The quantitative estimate of drug-likeness (QED) is 0.416. The molecule has 9 nitrogen and oxygen atoms in total. The van der Waals surface area contributed by atoms with Crippen LogP contribution in [0.3, 0.4) is 0 Å². The lowest BCUT2D eigenvalue weighted by Crippen LogP contribution is -2.30. The summed E-state index contributed by atoms with van der Waals surface area (Å²) in [5.74, 6) is -0.0834. The summed E-state index contributed by atoms with van der Waals surface area (Å²) in [4.78, 5) is 54.9. The molecule has 4 N–H and O–H groups in total. The Balaban J connectivity index is 0.000000593. The summed E-state index contributed by atoms with van der Waals surface area (Å²) in [6.45, 7) is 1.80. The summed E-state index contributed by atoms with van der Waals surface area (Å²) in [6, 6.07) is 3.50. The molecule has 2 aromatic rings. The van der Waals surface area contributed by atoms with Crippen molar-refractivity contribution in [3.63, 3.8) is 0 Å². The predicted molar refractivity (Wildman–Crippen MR) is 88.5 cm³/mol. The van der Waals surface area contributed by atoms with Crippen molar-refractivity contribution in [2.45, 2.75) is 13.5 Å². The average molecular weight is 408 g/mol. The van der Waals surface area contributed by atoms with Crippen LogP contribution in [-0.4, -0.2) is 37.6 Å². The lowest BCUT2D eigenvalue weighted by atomic mass is 10.1. The van der Waals surface area contributed by atoms with Gasteiger partial charge in [0.1, 0.15) is 0 Å². The van der Waals surface area contributed by atoms with Gasteiger partial charge in [0.2, 0.25) is 5.91 Å². The van der Waals surface area contributed by atoms with Gasteiger partial charge in [-0.2, -0.15) is 0 Å². The number of fused-ring (bicyclic) bond motifs is 1. The fourth-order valence-electron chi connectivity index (χ4n) is 1.75. The van der Waals surface area contributed by atoms with Crippen LogP contribution in [0.15, 0.2) is 26.2 Å². The Bertz CT molecular complexity index is 858. The van der Waals surface area contributed by atoms with Gasteiger partial charge in [0.15, 0.2) is 0 Å². The first kappa shape index (κ1) is 19.3. The van der Waals surface area contributed by atoms with E-state index in [0.717, 1.165) is 10.0 Å². The molecule has 0 aliphatic rings. The molecule has 0 saturated heterocycles. The van der Waals surface area contributed by atoms with Gasteiger partial charge in [-0.1, -0.05) is 15.9 Å². The molecule has 1 aromatic carbocycles. The van der Waals surface area contributed by atoms with Gasteiger partial charge in [-0.05, 0) is 17.7 Å². The second kappa shape index (κ2) is 8.21. The Morgan fingerprint density at radius 1 is 1.26 bits per heavy atom. The number of H-pyrrole nitrogens is 2. The van der Waals surface area contributed by atoms with Crippen LogP contribution in [0.4, 0.5) is 0 Å². The summed E-state index contributed by atoms with van der Waals surface area (Å²) in [5, 5.41) is 0. The molecule has 0 unspecified atom stereocenters. The Morgan fingerprint density at radius 2 is 1.78 bits per heavy atom. The van der Waals surface area contributed by atoms with E-state index in [1.807, 2.05) is 0 Å². The third kappa shape index (κ3) is 5.76. The van der Waals surface area contributed by atoms with Crippen molar-refractivity contribution >= 4 is 41.1 Å². The molecular formula is C12H15BrN3O6P. The van der Waals surface area contributed by atoms with Gasteiger partial charge in [0.25, 0.3) is 0 Å². The van der Waals surface area contributed by atoms with Crippen LogP contribution in [0, 0.1) is 0 Å². The molecule has 0 spiro atoms. The molecule has 1 amide bonds. The number of hydrogen-bond donors (Lipinski definition) is 4. The number of carbonyl (C=O) groups excluding carboxylic acids is 1. The highest BCUT2D eigenvalue weighted by atomic mass is 79.9. The fraction of sp³-hybridized carbons (Fsp3) is 0.250. The van der Waals surface area contributed by atoms with E-state index in [1.54, 1.807) is 19.2 Å². The number of nitrogens with one attached hydrogen (secondary N) is 2. The summed E-state index contributed by atoms with van der Waals surface area (Å²) in [5.41, 5.74) is 0.389. The van der Waals surface area contributed by atoms with E-state index < -0.39 is 19.4 Å². The normalized spacial score (nSPS) is 10.3. The summed E-state index contributed by atoms with van der Waals surface area (Å²) >= 11 is 3.34. The van der Waals surface area contributed by atoms with Crippen molar-refractivity contribution in [2.75, 3.05) is 7.05 Å². The second-order valence-corrected chi connectivity index (χ2v) is 6.03. The number of hydrogen-bond acceptors (Lipinski definition) is 4. The minimum absolute atomic E-state index is 0.0834. The molecule has 23 heavy (non-hydrogen) atoms. The van der Waals surface area contributed by atoms with E-state index >= 15 is 0 Å². The van der Waals surface area contributed by atoms with Gasteiger partial charge >= 0.3 is 19.4 Å². The van der Waals surface area contributed by atoms with Crippen LogP contribution in [-0.2, 0) is 15.9 Å². The van der Waals surface area contributed by atoms with Crippen molar-refractivity contribution < 1.29 is 19.1 Å². The zero-order valence-electron chi connectivity index (χ0n) is 12.2. The molecule has 1 aromatic heterocycles. The Labute approximate surface area is 139 Å². The maximum Gasteiger partial charge on any atom is 0.314 e. The number of aromatic nitrogens is 2. The molecule has 126 valence electrons. The van der Waals surface area contributed by atoms with Crippen molar-refractivity contribution in [1.29, 1.82) is 0 Å². The molecule has 0 fully saturated rings. The van der Waals surface area contributed by atoms with Crippen LogP contribution in [0.2, 0.25) is 0 Å². The first-order valence-electron chi connectivity index (χ1n) is 6.20. The van der Waals surface area contributed by atoms with Crippen LogP contribution < -0.4 is 11.1 Å². The number of carbonyl (C=O) groups is 1. The smallest absolute Gasteiger partial charge is 0.314 e.